The lowest BCUT2D eigenvalue weighted by atomic mass is 9.86. The monoisotopic (exact) mass is 348 g/mol. The summed E-state index contributed by atoms with van der Waals surface area (Å²) in [6, 6.07) is 17.9. The summed E-state index contributed by atoms with van der Waals surface area (Å²) >= 11 is 6.02. The molecule has 124 valence electrons. The largest absolute Gasteiger partial charge is 0.315 e. The molecule has 0 amide bonds. The van der Waals surface area contributed by atoms with Gasteiger partial charge < -0.3 is 4.90 Å². The summed E-state index contributed by atoms with van der Waals surface area (Å²) in [5, 5.41) is 4.04. The molecule has 1 aliphatic carbocycles. The standard InChI is InChI=1S/C21H17ClN2O/c22-16-9-11-17(12-10-16)24-14-13-18(15-5-2-1-3-6-15)19-7-4-8-20(23-25)21(19)24/h1-3,5-6,9-14H,4,7-8H2. The SMILES string of the molecule is O=NC1=C2C(=C(c3ccccc3)C=CN2c2ccc(Cl)cc2)CCC1. The Bertz CT molecular complexity index is 895. The molecule has 0 fully saturated rings. The van der Waals surface area contributed by atoms with Crippen LogP contribution in [0.15, 0.2) is 89.0 Å². The topological polar surface area (TPSA) is 32.7 Å². The van der Waals surface area contributed by atoms with E-state index >= 15 is 0 Å². The van der Waals surface area contributed by atoms with E-state index in [1.165, 1.54) is 11.1 Å². The van der Waals surface area contributed by atoms with Crippen LogP contribution in [-0.4, -0.2) is 0 Å². The van der Waals surface area contributed by atoms with Gasteiger partial charge in [-0.1, -0.05) is 41.9 Å². The molecule has 3 nitrogen and oxygen atoms in total. The lowest BCUT2D eigenvalue weighted by Crippen LogP contribution is -2.24. The molecule has 0 aromatic heterocycles. The molecule has 4 heteroatoms. The van der Waals surface area contributed by atoms with Gasteiger partial charge in [0.2, 0.25) is 0 Å². The second-order valence-electron chi connectivity index (χ2n) is 6.16. The molecule has 0 spiro atoms. The predicted molar refractivity (Wildman–Crippen MR) is 103 cm³/mol. The maximum absolute atomic E-state index is 11.5. The van der Waals surface area contributed by atoms with Gasteiger partial charge in [-0.3, -0.25) is 0 Å². The van der Waals surface area contributed by atoms with Crippen molar-refractivity contribution in [2.75, 3.05) is 4.90 Å². The minimum absolute atomic E-state index is 0.619. The van der Waals surface area contributed by atoms with Crippen molar-refractivity contribution in [3.05, 3.63) is 99.3 Å². The Kier molecular flexibility index (Phi) is 4.24. The third-order valence-electron chi connectivity index (χ3n) is 4.66. The fourth-order valence-electron chi connectivity index (χ4n) is 3.51. The Balaban J connectivity index is 1.88. The van der Waals surface area contributed by atoms with Crippen molar-refractivity contribution < 1.29 is 0 Å². The smallest absolute Gasteiger partial charge is 0.109 e. The van der Waals surface area contributed by atoms with Crippen LogP contribution in [0, 0.1) is 4.91 Å². The second-order valence-corrected chi connectivity index (χ2v) is 6.60. The summed E-state index contributed by atoms with van der Waals surface area (Å²) in [5.41, 5.74) is 6.03. The van der Waals surface area contributed by atoms with Gasteiger partial charge in [-0.2, -0.15) is 0 Å². The minimum atomic E-state index is 0.619. The van der Waals surface area contributed by atoms with Crippen molar-refractivity contribution in [3.63, 3.8) is 0 Å². The maximum Gasteiger partial charge on any atom is 0.109 e. The van der Waals surface area contributed by atoms with E-state index in [4.69, 9.17) is 11.6 Å². The first-order valence-electron chi connectivity index (χ1n) is 8.36. The number of fused-ring (bicyclic) bond motifs is 1. The molecule has 0 N–H and O–H groups in total. The summed E-state index contributed by atoms with van der Waals surface area (Å²) < 4.78 is 0. The highest BCUT2D eigenvalue weighted by Gasteiger charge is 2.28. The van der Waals surface area contributed by atoms with E-state index in [2.05, 4.69) is 23.4 Å². The van der Waals surface area contributed by atoms with Crippen LogP contribution in [0.4, 0.5) is 5.69 Å². The summed E-state index contributed by atoms with van der Waals surface area (Å²) in [5.74, 6) is 0. The highest BCUT2D eigenvalue weighted by Crippen LogP contribution is 2.42. The summed E-state index contributed by atoms with van der Waals surface area (Å²) in [4.78, 5) is 13.5. The quantitative estimate of drug-likeness (QED) is 0.610. The molecular formula is C21H17ClN2O. The predicted octanol–water partition coefficient (Wildman–Crippen LogP) is 6.29. The van der Waals surface area contributed by atoms with E-state index in [9.17, 15) is 4.91 Å². The number of hydrogen-bond donors (Lipinski definition) is 0. The van der Waals surface area contributed by atoms with Gasteiger partial charge in [0.15, 0.2) is 0 Å². The zero-order valence-corrected chi connectivity index (χ0v) is 14.4. The third-order valence-corrected chi connectivity index (χ3v) is 4.91. The molecule has 2 aromatic rings. The highest BCUT2D eigenvalue weighted by molar-refractivity contribution is 6.30. The molecule has 1 heterocycles. The molecule has 2 aliphatic rings. The highest BCUT2D eigenvalue weighted by atomic mass is 35.5. The van der Waals surface area contributed by atoms with Crippen LogP contribution in [0.5, 0.6) is 0 Å². The second kappa shape index (κ2) is 6.69. The Labute approximate surface area is 151 Å². The van der Waals surface area contributed by atoms with E-state index in [-0.39, 0.29) is 0 Å². The van der Waals surface area contributed by atoms with Crippen molar-refractivity contribution in [2.45, 2.75) is 19.3 Å². The summed E-state index contributed by atoms with van der Waals surface area (Å²) in [7, 11) is 0. The zero-order valence-electron chi connectivity index (χ0n) is 13.7. The molecule has 25 heavy (non-hydrogen) atoms. The number of nitrogens with zero attached hydrogens (tertiary/aromatic N) is 2. The maximum atomic E-state index is 11.5. The van der Waals surface area contributed by atoms with Crippen LogP contribution in [0.25, 0.3) is 5.57 Å². The van der Waals surface area contributed by atoms with Crippen LogP contribution in [0.1, 0.15) is 24.8 Å². The number of rotatable bonds is 3. The number of allylic oxidation sites excluding steroid dienone is 4. The van der Waals surface area contributed by atoms with E-state index in [0.29, 0.717) is 17.1 Å². The lowest BCUT2D eigenvalue weighted by Gasteiger charge is -2.34. The number of hydrogen-bond acceptors (Lipinski definition) is 3. The molecule has 0 saturated carbocycles. The average molecular weight is 349 g/mol. The molecule has 0 bridgehead atoms. The van der Waals surface area contributed by atoms with Gasteiger partial charge in [-0.15, -0.1) is 4.91 Å². The van der Waals surface area contributed by atoms with E-state index in [0.717, 1.165) is 29.8 Å². The van der Waals surface area contributed by atoms with Crippen molar-refractivity contribution >= 4 is 22.9 Å². The lowest BCUT2D eigenvalue weighted by molar-refractivity contribution is 0.743. The molecule has 0 saturated heterocycles. The Hall–Kier alpha value is -2.65. The Morgan fingerprint density at radius 1 is 0.960 bits per heavy atom. The van der Waals surface area contributed by atoms with Gasteiger partial charge in [-0.05, 0) is 71.5 Å². The van der Waals surface area contributed by atoms with Gasteiger partial charge in [0.1, 0.15) is 5.70 Å². The van der Waals surface area contributed by atoms with Crippen molar-refractivity contribution in [3.8, 4) is 0 Å². The van der Waals surface area contributed by atoms with Gasteiger partial charge in [0.25, 0.3) is 0 Å². The van der Waals surface area contributed by atoms with Gasteiger partial charge in [0.05, 0.1) is 5.70 Å². The zero-order chi connectivity index (χ0) is 17.2. The Morgan fingerprint density at radius 3 is 2.44 bits per heavy atom. The molecule has 4 rings (SSSR count). The fraction of sp³-hybridized carbons (Fsp3) is 0.143. The van der Waals surface area contributed by atoms with Crippen LogP contribution in [-0.2, 0) is 0 Å². The summed E-state index contributed by atoms with van der Waals surface area (Å²) in [6.45, 7) is 0. The van der Waals surface area contributed by atoms with E-state index < -0.39 is 0 Å². The first kappa shape index (κ1) is 15.9. The first-order chi connectivity index (χ1) is 12.3. The molecule has 0 unspecified atom stereocenters. The number of benzene rings is 2. The van der Waals surface area contributed by atoms with Crippen molar-refractivity contribution in [2.24, 2.45) is 5.18 Å². The normalized spacial score (nSPS) is 16.9. The first-order valence-corrected chi connectivity index (χ1v) is 8.74. The van der Waals surface area contributed by atoms with Crippen molar-refractivity contribution in [1.82, 2.24) is 0 Å². The Morgan fingerprint density at radius 2 is 1.72 bits per heavy atom. The van der Waals surface area contributed by atoms with Crippen LogP contribution in [0.3, 0.4) is 0 Å². The minimum Gasteiger partial charge on any atom is -0.315 e. The van der Waals surface area contributed by atoms with Crippen LogP contribution >= 0.6 is 11.6 Å². The van der Waals surface area contributed by atoms with Gasteiger partial charge >= 0.3 is 0 Å². The van der Waals surface area contributed by atoms with Gasteiger partial charge in [0, 0.05) is 16.9 Å². The van der Waals surface area contributed by atoms with E-state index in [1.807, 2.05) is 53.6 Å². The number of anilines is 1. The number of nitroso groups, excluding NO2 is 1. The third kappa shape index (κ3) is 2.92. The fourth-order valence-corrected chi connectivity index (χ4v) is 3.63. The molecule has 0 atom stereocenters. The molecule has 2 aromatic carbocycles. The van der Waals surface area contributed by atoms with E-state index in [1.54, 1.807) is 0 Å². The summed E-state index contributed by atoms with van der Waals surface area (Å²) in [6.07, 6.45) is 6.73. The van der Waals surface area contributed by atoms with Crippen LogP contribution < -0.4 is 4.90 Å². The molecule has 0 radical (unpaired) electrons. The molecular weight excluding hydrogens is 332 g/mol. The van der Waals surface area contributed by atoms with Gasteiger partial charge in [-0.25, -0.2) is 0 Å². The molecule has 1 aliphatic heterocycles. The average Bonchev–Trinajstić information content (AvgIpc) is 2.68. The van der Waals surface area contributed by atoms with Crippen LogP contribution in [0.2, 0.25) is 5.02 Å². The van der Waals surface area contributed by atoms with Crippen molar-refractivity contribution in [1.29, 1.82) is 0 Å². The number of halogens is 1.